The van der Waals surface area contributed by atoms with E-state index >= 15 is 0 Å². The molecule has 1 aromatic carbocycles. The lowest BCUT2D eigenvalue weighted by atomic mass is 9.72. The number of aliphatic carboxylic acids is 1. The zero-order valence-electron chi connectivity index (χ0n) is 14.8. The molecule has 1 aliphatic carbocycles. The third-order valence-electron chi connectivity index (χ3n) is 5.10. The largest absolute Gasteiger partial charge is 0.490 e. The molecule has 0 bridgehead atoms. The van der Waals surface area contributed by atoms with E-state index in [1.54, 1.807) is 4.90 Å². The van der Waals surface area contributed by atoms with E-state index in [1.807, 2.05) is 26.0 Å². The van der Waals surface area contributed by atoms with Gasteiger partial charge in [0, 0.05) is 13.1 Å². The molecule has 1 amide bonds. The first kappa shape index (κ1) is 17.6. The lowest BCUT2D eigenvalue weighted by Crippen LogP contribution is -2.47. The van der Waals surface area contributed by atoms with E-state index in [0.29, 0.717) is 44.9 Å². The van der Waals surface area contributed by atoms with Crippen LogP contribution in [0.4, 0.5) is 0 Å². The molecule has 0 spiro atoms. The molecule has 136 valence electrons. The highest BCUT2D eigenvalue weighted by atomic mass is 16.5. The van der Waals surface area contributed by atoms with Gasteiger partial charge in [-0.1, -0.05) is 0 Å². The van der Waals surface area contributed by atoms with Crippen LogP contribution in [0.25, 0.3) is 0 Å². The van der Waals surface area contributed by atoms with Gasteiger partial charge in [0.1, 0.15) is 0 Å². The predicted octanol–water partition coefficient (Wildman–Crippen LogP) is 2.48. The molecule has 2 aliphatic rings. The number of ether oxygens (including phenoxy) is 2. The first-order chi connectivity index (χ1) is 12.0. The Balaban J connectivity index is 1.77. The fraction of sp³-hybridized carbons (Fsp3) is 0.579. The van der Waals surface area contributed by atoms with E-state index in [4.69, 9.17) is 9.47 Å². The summed E-state index contributed by atoms with van der Waals surface area (Å²) in [4.78, 5) is 25.7. The minimum atomic E-state index is -0.859. The van der Waals surface area contributed by atoms with Crippen LogP contribution >= 0.6 is 0 Å². The molecule has 2 atom stereocenters. The molecule has 0 radical (unpaired) electrons. The number of carbonyl (C=O) groups excluding carboxylic acids is 1. The summed E-state index contributed by atoms with van der Waals surface area (Å²) in [6.45, 7) is 6.10. The molecule has 3 rings (SSSR count). The van der Waals surface area contributed by atoms with E-state index in [1.165, 1.54) is 5.56 Å². The maximum atomic E-state index is 12.7. The molecular weight excluding hydrogens is 322 g/mol. The molecule has 6 heteroatoms. The number of benzene rings is 1. The van der Waals surface area contributed by atoms with Gasteiger partial charge in [-0.3, -0.25) is 9.59 Å². The summed E-state index contributed by atoms with van der Waals surface area (Å²) in [7, 11) is 0. The lowest BCUT2D eigenvalue weighted by Gasteiger charge is -2.38. The van der Waals surface area contributed by atoms with Crippen molar-refractivity contribution in [2.45, 2.75) is 39.7 Å². The van der Waals surface area contributed by atoms with Gasteiger partial charge in [0.2, 0.25) is 5.91 Å². The summed E-state index contributed by atoms with van der Waals surface area (Å²) in [6, 6.07) is 3.97. The summed E-state index contributed by atoms with van der Waals surface area (Å²) in [6.07, 6.45) is 2.02. The van der Waals surface area contributed by atoms with Gasteiger partial charge in [-0.25, -0.2) is 0 Å². The molecule has 1 saturated carbocycles. The highest BCUT2D eigenvalue weighted by Crippen LogP contribution is 2.38. The second kappa shape index (κ2) is 7.33. The third kappa shape index (κ3) is 3.43. The average Bonchev–Trinajstić information content (AvgIpc) is 2.53. The van der Waals surface area contributed by atoms with Crippen molar-refractivity contribution >= 4 is 11.9 Å². The van der Waals surface area contributed by atoms with E-state index in [2.05, 4.69) is 0 Å². The van der Waals surface area contributed by atoms with E-state index in [9.17, 15) is 14.7 Å². The molecule has 0 saturated heterocycles. The van der Waals surface area contributed by atoms with Crippen LogP contribution in [0.1, 0.15) is 37.8 Å². The van der Waals surface area contributed by atoms with Crippen molar-refractivity contribution in [2.75, 3.05) is 19.8 Å². The van der Waals surface area contributed by atoms with E-state index < -0.39 is 11.9 Å². The van der Waals surface area contributed by atoms with Crippen LogP contribution in [-0.4, -0.2) is 41.6 Å². The molecule has 1 aromatic rings. The Labute approximate surface area is 147 Å². The number of rotatable bonds is 6. The predicted molar refractivity (Wildman–Crippen MR) is 91.8 cm³/mol. The highest BCUT2D eigenvalue weighted by molar-refractivity contribution is 5.86. The van der Waals surface area contributed by atoms with Crippen molar-refractivity contribution in [2.24, 2.45) is 11.8 Å². The van der Waals surface area contributed by atoms with Crippen molar-refractivity contribution in [3.63, 3.8) is 0 Å². The van der Waals surface area contributed by atoms with E-state index in [-0.39, 0.29) is 11.8 Å². The molecule has 1 fully saturated rings. The van der Waals surface area contributed by atoms with Gasteiger partial charge in [0.25, 0.3) is 0 Å². The number of carbonyl (C=O) groups is 2. The topological polar surface area (TPSA) is 76.1 Å². The van der Waals surface area contributed by atoms with Crippen LogP contribution < -0.4 is 9.47 Å². The third-order valence-corrected chi connectivity index (χ3v) is 5.10. The summed E-state index contributed by atoms with van der Waals surface area (Å²) in [5.41, 5.74) is 2.22. The highest BCUT2D eigenvalue weighted by Gasteiger charge is 2.43. The second-order valence-electron chi connectivity index (χ2n) is 6.57. The van der Waals surface area contributed by atoms with Crippen molar-refractivity contribution in [1.82, 2.24) is 4.90 Å². The van der Waals surface area contributed by atoms with Crippen molar-refractivity contribution in [3.8, 4) is 11.5 Å². The van der Waals surface area contributed by atoms with Crippen molar-refractivity contribution < 1.29 is 24.2 Å². The quantitative estimate of drug-likeness (QED) is 0.855. The van der Waals surface area contributed by atoms with Gasteiger partial charge in [0.15, 0.2) is 11.5 Å². The zero-order valence-corrected chi connectivity index (χ0v) is 14.8. The average molecular weight is 347 g/mol. The smallest absolute Gasteiger partial charge is 0.307 e. The fourth-order valence-electron chi connectivity index (χ4n) is 3.61. The van der Waals surface area contributed by atoms with Crippen LogP contribution in [-0.2, 0) is 22.6 Å². The van der Waals surface area contributed by atoms with Crippen molar-refractivity contribution in [3.05, 3.63) is 23.3 Å². The first-order valence-corrected chi connectivity index (χ1v) is 8.98. The summed E-state index contributed by atoms with van der Waals surface area (Å²) in [5.74, 6) is -0.336. The van der Waals surface area contributed by atoms with Crippen LogP contribution in [0.15, 0.2) is 12.1 Å². The summed E-state index contributed by atoms with van der Waals surface area (Å²) >= 11 is 0. The molecule has 2 unspecified atom stereocenters. The number of fused-ring (bicyclic) bond motifs is 1. The van der Waals surface area contributed by atoms with Crippen LogP contribution in [0.2, 0.25) is 0 Å². The number of nitrogens with zero attached hydrogens (tertiary/aromatic N) is 1. The van der Waals surface area contributed by atoms with Crippen LogP contribution in [0.5, 0.6) is 11.5 Å². The SMILES string of the molecule is CCOc1cc2c(cc1OCC)CN(C(=O)C1CCC1C(=O)O)CC2. The molecule has 1 N–H and O–H groups in total. The van der Waals surface area contributed by atoms with Crippen LogP contribution in [0, 0.1) is 11.8 Å². The van der Waals surface area contributed by atoms with E-state index in [0.717, 1.165) is 17.7 Å². The molecule has 1 aliphatic heterocycles. The number of amides is 1. The Bertz CT molecular complexity index is 672. The monoisotopic (exact) mass is 347 g/mol. The summed E-state index contributed by atoms with van der Waals surface area (Å²) in [5, 5.41) is 9.18. The number of carboxylic acids is 1. The maximum absolute atomic E-state index is 12.7. The second-order valence-corrected chi connectivity index (χ2v) is 6.57. The number of hydrogen-bond acceptors (Lipinski definition) is 4. The Hall–Kier alpha value is -2.24. The molecule has 1 heterocycles. The summed E-state index contributed by atoms with van der Waals surface area (Å²) < 4.78 is 11.3. The van der Waals surface area contributed by atoms with Crippen molar-refractivity contribution in [1.29, 1.82) is 0 Å². The van der Waals surface area contributed by atoms with Gasteiger partial charge in [-0.15, -0.1) is 0 Å². The maximum Gasteiger partial charge on any atom is 0.307 e. The number of hydrogen-bond donors (Lipinski definition) is 1. The Morgan fingerprint density at radius 2 is 1.68 bits per heavy atom. The Morgan fingerprint density at radius 1 is 1.08 bits per heavy atom. The first-order valence-electron chi connectivity index (χ1n) is 8.98. The molecule has 0 aromatic heterocycles. The molecular formula is C19H25NO5. The Kier molecular flexibility index (Phi) is 5.16. The van der Waals surface area contributed by atoms with Gasteiger partial charge in [-0.2, -0.15) is 0 Å². The normalized spacial score (nSPS) is 21.9. The van der Waals surface area contributed by atoms with Gasteiger partial charge < -0.3 is 19.5 Å². The number of carboxylic acid groups (broad SMARTS) is 1. The minimum Gasteiger partial charge on any atom is -0.490 e. The van der Waals surface area contributed by atoms with Crippen LogP contribution in [0.3, 0.4) is 0 Å². The Morgan fingerprint density at radius 3 is 2.20 bits per heavy atom. The molecule has 6 nitrogen and oxygen atoms in total. The lowest BCUT2D eigenvalue weighted by molar-refractivity contribution is -0.157. The standard InChI is InChI=1S/C19H25NO5/c1-3-24-16-9-12-7-8-20(11-13(12)10-17(16)25-4-2)18(21)14-5-6-15(14)19(22)23/h9-10,14-15H,3-8,11H2,1-2H3,(H,22,23). The molecule has 25 heavy (non-hydrogen) atoms. The van der Waals surface area contributed by atoms with Gasteiger partial charge in [0.05, 0.1) is 25.0 Å². The minimum absolute atomic E-state index is 0.0313. The fourth-order valence-corrected chi connectivity index (χ4v) is 3.61. The van der Waals surface area contributed by atoms with Gasteiger partial charge >= 0.3 is 5.97 Å². The zero-order chi connectivity index (χ0) is 18.0. The van der Waals surface area contributed by atoms with Gasteiger partial charge in [-0.05, 0) is 56.4 Å².